The molecule has 0 spiro atoms. The van der Waals surface area contributed by atoms with E-state index < -0.39 is 0 Å². The van der Waals surface area contributed by atoms with Crippen LogP contribution in [0.1, 0.15) is 56.4 Å². The molecule has 1 saturated heterocycles. The van der Waals surface area contributed by atoms with Gasteiger partial charge in [0.2, 0.25) is 0 Å². The van der Waals surface area contributed by atoms with E-state index in [4.69, 9.17) is 4.74 Å². The topological polar surface area (TPSA) is 83.6 Å². The Labute approximate surface area is 155 Å². The van der Waals surface area contributed by atoms with E-state index in [0.717, 1.165) is 37.8 Å². The molecule has 1 fully saturated rings. The lowest BCUT2D eigenvalue weighted by molar-refractivity contribution is 0.0946. The van der Waals surface area contributed by atoms with Crippen molar-refractivity contribution in [2.75, 3.05) is 31.6 Å². The van der Waals surface area contributed by atoms with Crippen LogP contribution >= 0.6 is 0 Å². The monoisotopic (exact) mass is 362 g/mol. The average Bonchev–Trinajstić information content (AvgIpc) is 2.66. The van der Waals surface area contributed by atoms with Crippen LogP contribution in [0.2, 0.25) is 0 Å². The highest BCUT2D eigenvalue weighted by Gasteiger charge is 2.23. The number of pyridine rings is 1. The number of aromatic nitrogens is 1. The average molecular weight is 362 g/mol. The first-order chi connectivity index (χ1) is 12.6. The Morgan fingerprint density at radius 2 is 2.00 bits per heavy atom. The highest BCUT2D eigenvalue weighted by Crippen LogP contribution is 2.17. The van der Waals surface area contributed by atoms with Crippen molar-refractivity contribution in [3.8, 4) is 0 Å². The molecule has 0 saturated carbocycles. The summed E-state index contributed by atoms with van der Waals surface area (Å²) in [6.07, 6.45) is 6.42. The Bertz CT molecular complexity index is 569. The summed E-state index contributed by atoms with van der Waals surface area (Å²) in [5, 5.41) is 6.31. The predicted octanol–water partition coefficient (Wildman–Crippen LogP) is 3.03. The molecular formula is C19H30N4O3. The lowest BCUT2D eigenvalue weighted by Crippen LogP contribution is -2.42. The Morgan fingerprint density at radius 3 is 2.62 bits per heavy atom. The molecular weight excluding hydrogens is 332 g/mol. The van der Waals surface area contributed by atoms with Gasteiger partial charge in [0.15, 0.2) is 0 Å². The number of carbonyl (C=O) groups excluding carboxylic acids is 2. The largest absolute Gasteiger partial charge is 0.450 e. The minimum atomic E-state index is -0.234. The zero-order valence-corrected chi connectivity index (χ0v) is 15.8. The smallest absolute Gasteiger partial charge is 0.409 e. The minimum absolute atomic E-state index is 0.129. The zero-order chi connectivity index (χ0) is 18.8. The number of carbonyl (C=O) groups is 2. The molecule has 1 aromatic heterocycles. The SMILES string of the molecule is CCCCCNC(=O)c1ccc(NC2CCN(C(=O)OCC)CC2)cn1. The third-order valence-corrected chi connectivity index (χ3v) is 4.45. The van der Waals surface area contributed by atoms with Crippen LogP contribution in [-0.2, 0) is 4.74 Å². The summed E-state index contributed by atoms with van der Waals surface area (Å²) >= 11 is 0. The molecule has 26 heavy (non-hydrogen) atoms. The van der Waals surface area contributed by atoms with E-state index in [-0.39, 0.29) is 18.0 Å². The molecule has 0 aromatic carbocycles. The Morgan fingerprint density at radius 1 is 1.23 bits per heavy atom. The number of piperidine rings is 1. The summed E-state index contributed by atoms with van der Waals surface area (Å²) in [6.45, 7) is 6.41. The van der Waals surface area contributed by atoms with Gasteiger partial charge in [-0.1, -0.05) is 19.8 Å². The minimum Gasteiger partial charge on any atom is -0.450 e. The fourth-order valence-corrected chi connectivity index (χ4v) is 2.94. The number of hydrogen-bond donors (Lipinski definition) is 2. The summed E-state index contributed by atoms with van der Waals surface area (Å²) in [6, 6.07) is 3.91. The number of ether oxygens (including phenoxy) is 1. The van der Waals surface area contributed by atoms with Crippen LogP contribution in [0.5, 0.6) is 0 Å². The van der Waals surface area contributed by atoms with E-state index in [9.17, 15) is 9.59 Å². The molecule has 2 rings (SSSR count). The van der Waals surface area contributed by atoms with Crippen molar-refractivity contribution in [3.05, 3.63) is 24.0 Å². The highest BCUT2D eigenvalue weighted by molar-refractivity contribution is 5.92. The van der Waals surface area contributed by atoms with Crippen LogP contribution < -0.4 is 10.6 Å². The summed E-state index contributed by atoms with van der Waals surface area (Å²) in [5.41, 5.74) is 1.33. The van der Waals surface area contributed by atoms with Crippen molar-refractivity contribution in [2.24, 2.45) is 0 Å². The first kappa shape index (κ1) is 20.0. The van der Waals surface area contributed by atoms with Crippen molar-refractivity contribution in [1.82, 2.24) is 15.2 Å². The number of likely N-dealkylation sites (tertiary alicyclic amines) is 1. The molecule has 7 heteroatoms. The molecule has 0 aliphatic carbocycles. The standard InChI is InChI=1S/C19H30N4O3/c1-3-5-6-11-20-18(24)17-8-7-16(14-21-17)22-15-9-12-23(13-10-15)19(25)26-4-2/h7-8,14-15,22H,3-6,9-13H2,1-2H3,(H,20,24). The fraction of sp³-hybridized carbons (Fsp3) is 0.632. The van der Waals surface area contributed by atoms with Gasteiger partial charge in [-0.2, -0.15) is 0 Å². The molecule has 1 aliphatic rings. The molecule has 0 radical (unpaired) electrons. The molecule has 2 N–H and O–H groups in total. The normalized spacial score (nSPS) is 14.8. The van der Waals surface area contributed by atoms with Gasteiger partial charge in [-0.05, 0) is 38.3 Å². The Balaban J connectivity index is 1.75. The molecule has 0 unspecified atom stereocenters. The second kappa shape index (κ2) is 10.6. The van der Waals surface area contributed by atoms with E-state index in [1.165, 1.54) is 0 Å². The van der Waals surface area contributed by atoms with Crippen molar-refractivity contribution in [2.45, 2.75) is 52.0 Å². The van der Waals surface area contributed by atoms with Gasteiger partial charge in [0.05, 0.1) is 18.5 Å². The van der Waals surface area contributed by atoms with Crippen LogP contribution in [0.3, 0.4) is 0 Å². The van der Waals surface area contributed by atoms with Gasteiger partial charge in [-0.15, -0.1) is 0 Å². The number of anilines is 1. The third kappa shape index (κ3) is 6.20. The Hall–Kier alpha value is -2.31. The second-order valence-corrected chi connectivity index (χ2v) is 6.50. The number of unbranched alkanes of at least 4 members (excludes halogenated alkanes) is 2. The van der Waals surface area contributed by atoms with Gasteiger partial charge in [0.1, 0.15) is 5.69 Å². The molecule has 2 heterocycles. The van der Waals surface area contributed by atoms with Crippen LogP contribution in [0.4, 0.5) is 10.5 Å². The van der Waals surface area contributed by atoms with Crippen LogP contribution in [0, 0.1) is 0 Å². The van der Waals surface area contributed by atoms with Crippen molar-refractivity contribution < 1.29 is 14.3 Å². The second-order valence-electron chi connectivity index (χ2n) is 6.50. The number of amides is 2. The molecule has 0 atom stereocenters. The maximum Gasteiger partial charge on any atom is 0.409 e. The molecule has 1 aliphatic heterocycles. The van der Waals surface area contributed by atoms with E-state index in [2.05, 4.69) is 22.5 Å². The summed E-state index contributed by atoms with van der Waals surface area (Å²) in [5.74, 6) is -0.129. The number of nitrogens with zero attached hydrogens (tertiary/aromatic N) is 2. The third-order valence-electron chi connectivity index (χ3n) is 4.45. The van der Waals surface area contributed by atoms with Crippen molar-refractivity contribution in [3.63, 3.8) is 0 Å². The van der Waals surface area contributed by atoms with Gasteiger partial charge in [0, 0.05) is 25.7 Å². The number of hydrogen-bond acceptors (Lipinski definition) is 5. The van der Waals surface area contributed by atoms with Gasteiger partial charge in [-0.25, -0.2) is 9.78 Å². The number of nitrogens with one attached hydrogen (secondary N) is 2. The lowest BCUT2D eigenvalue weighted by Gasteiger charge is -2.32. The number of rotatable bonds is 8. The van der Waals surface area contributed by atoms with E-state index in [1.54, 1.807) is 17.2 Å². The fourth-order valence-electron chi connectivity index (χ4n) is 2.94. The lowest BCUT2D eigenvalue weighted by atomic mass is 10.1. The van der Waals surface area contributed by atoms with Crippen LogP contribution in [-0.4, -0.2) is 54.2 Å². The molecule has 2 amide bonds. The summed E-state index contributed by atoms with van der Waals surface area (Å²) in [4.78, 5) is 29.7. The van der Waals surface area contributed by atoms with Gasteiger partial charge in [0.25, 0.3) is 5.91 Å². The van der Waals surface area contributed by atoms with Gasteiger partial charge in [-0.3, -0.25) is 4.79 Å². The maximum atomic E-state index is 12.0. The van der Waals surface area contributed by atoms with Crippen LogP contribution in [0.25, 0.3) is 0 Å². The van der Waals surface area contributed by atoms with E-state index >= 15 is 0 Å². The first-order valence-corrected chi connectivity index (χ1v) is 9.56. The van der Waals surface area contributed by atoms with E-state index in [0.29, 0.717) is 31.9 Å². The van der Waals surface area contributed by atoms with Gasteiger partial charge >= 0.3 is 6.09 Å². The molecule has 1 aromatic rings. The van der Waals surface area contributed by atoms with Crippen molar-refractivity contribution in [1.29, 1.82) is 0 Å². The van der Waals surface area contributed by atoms with E-state index in [1.807, 2.05) is 13.0 Å². The van der Waals surface area contributed by atoms with Crippen molar-refractivity contribution >= 4 is 17.7 Å². The van der Waals surface area contributed by atoms with Crippen LogP contribution in [0.15, 0.2) is 18.3 Å². The summed E-state index contributed by atoms with van der Waals surface area (Å²) in [7, 11) is 0. The highest BCUT2D eigenvalue weighted by atomic mass is 16.6. The molecule has 0 bridgehead atoms. The quantitative estimate of drug-likeness (QED) is 0.695. The molecule has 144 valence electrons. The first-order valence-electron chi connectivity index (χ1n) is 9.56. The maximum absolute atomic E-state index is 12.0. The van der Waals surface area contributed by atoms with Gasteiger partial charge < -0.3 is 20.3 Å². The Kier molecular flexibility index (Phi) is 8.18. The summed E-state index contributed by atoms with van der Waals surface area (Å²) < 4.78 is 5.03. The molecule has 7 nitrogen and oxygen atoms in total. The zero-order valence-electron chi connectivity index (χ0n) is 15.8. The predicted molar refractivity (Wildman–Crippen MR) is 101 cm³/mol.